The van der Waals surface area contributed by atoms with Gasteiger partial charge in [0.15, 0.2) is 11.6 Å². The maximum absolute atomic E-state index is 6.33. The number of thiophene rings is 1. The van der Waals surface area contributed by atoms with E-state index in [2.05, 4.69) is 76.7 Å². The van der Waals surface area contributed by atoms with Crippen LogP contribution in [0.4, 0.5) is 0 Å². The standard InChI is InChI=1S/C27H16ClN3S/c28-27-30-25(19-10-6-9-18(15-19)17-7-2-1-3-8-17)29-26(31-27)20-13-14-22-21-11-4-5-12-23(21)32-24(22)16-20/h1-16H. The molecule has 0 fully saturated rings. The molecule has 0 spiro atoms. The van der Waals surface area contributed by atoms with Crippen molar-refractivity contribution in [2.24, 2.45) is 0 Å². The van der Waals surface area contributed by atoms with E-state index in [0.29, 0.717) is 11.6 Å². The van der Waals surface area contributed by atoms with Gasteiger partial charge in [-0.25, -0.2) is 4.98 Å². The fourth-order valence-electron chi connectivity index (χ4n) is 3.94. The minimum Gasteiger partial charge on any atom is -0.208 e. The maximum Gasteiger partial charge on any atom is 0.226 e. The smallest absolute Gasteiger partial charge is 0.208 e. The van der Waals surface area contributed by atoms with Crippen molar-refractivity contribution in [1.29, 1.82) is 0 Å². The number of benzene rings is 4. The van der Waals surface area contributed by atoms with Crippen LogP contribution >= 0.6 is 22.9 Å². The molecule has 6 aromatic rings. The second-order valence-electron chi connectivity index (χ2n) is 7.51. The van der Waals surface area contributed by atoms with E-state index < -0.39 is 0 Å². The first kappa shape index (κ1) is 19.1. The van der Waals surface area contributed by atoms with Gasteiger partial charge in [-0.3, -0.25) is 0 Å². The molecule has 0 aliphatic carbocycles. The Hall–Kier alpha value is -3.60. The van der Waals surface area contributed by atoms with E-state index in [9.17, 15) is 0 Å². The first-order valence-corrected chi connectivity index (χ1v) is 11.4. The fourth-order valence-corrected chi connectivity index (χ4v) is 5.25. The summed E-state index contributed by atoms with van der Waals surface area (Å²) in [7, 11) is 0. The minimum atomic E-state index is 0.187. The lowest BCUT2D eigenvalue weighted by molar-refractivity contribution is 1.07. The van der Waals surface area contributed by atoms with Crippen molar-refractivity contribution < 1.29 is 0 Å². The van der Waals surface area contributed by atoms with E-state index in [1.165, 1.54) is 20.2 Å². The molecule has 0 radical (unpaired) electrons. The highest BCUT2D eigenvalue weighted by molar-refractivity contribution is 7.25. The third-order valence-corrected chi connectivity index (χ3v) is 6.78. The number of hydrogen-bond acceptors (Lipinski definition) is 4. The van der Waals surface area contributed by atoms with Gasteiger partial charge in [-0.2, -0.15) is 9.97 Å². The largest absolute Gasteiger partial charge is 0.226 e. The normalized spacial score (nSPS) is 11.3. The molecule has 0 saturated carbocycles. The summed E-state index contributed by atoms with van der Waals surface area (Å²) in [4.78, 5) is 13.6. The summed E-state index contributed by atoms with van der Waals surface area (Å²) in [6.45, 7) is 0. The minimum absolute atomic E-state index is 0.187. The zero-order valence-corrected chi connectivity index (χ0v) is 18.4. The van der Waals surface area contributed by atoms with Crippen molar-refractivity contribution >= 4 is 43.1 Å². The first-order chi connectivity index (χ1) is 15.7. The lowest BCUT2D eigenvalue weighted by Crippen LogP contribution is -1.97. The molecule has 5 heteroatoms. The predicted molar refractivity (Wildman–Crippen MR) is 134 cm³/mol. The van der Waals surface area contributed by atoms with E-state index in [1.54, 1.807) is 11.3 Å². The zero-order valence-electron chi connectivity index (χ0n) is 16.9. The number of fused-ring (bicyclic) bond motifs is 3. The molecule has 0 aliphatic heterocycles. The maximum atomic E-state index is 6.33. The Morgan fingerprint density at radius 3 is 2.00 bits per heavy atom. The first-order valence-electron chi connectivity index (χ1n) is 10.2. The lowest BCUT2D eigenvalue weighted by atomic mass is 10.0. The third kappa shape index (κ3) is 3.44. The molecule has 0 saturated heterocycles. The number of nitrogens with zero attached hydrogens (tertiary/aromatic N) is 3. The average Bonchev–Trinajstić information content (AvgIpc) is 3.22. The van der Waals surface area contributed by atoms with Crippen molar-refractivity contribution in [2.45, 2.75) is 0 Å². The van der Waals surface area contributed by atoms with Gasteiger partial charge in [0.25, 0.3) is 0 Å². The molecule has 2 aromatic heterocycles. The Bertz CT molecular complexity index is 1590. The second-order valence-corrected chi connectivity index (χ2v) is 8.93. The van der Waals surface area contributed by atoms with Crippen molar-refractivity contribution in [1.82, 2.24) is 15.0 Å². The Balaban J connectivity index is 1.45. The molecule has 0 N–H and O–H groups in total. The number of aromatic nitrogens is 3. The molecule has 32 heavy (non-hydrogen) atoms. The molecule has 0 unspecified atom stereocenters. The summed E-state index contributed by atoms with van der Waals surface area (Å²) in [5.41, 5.74) is 4.08. The van der Waals surface area contributed by atoms with E-state index in [4.69, 9.17) is 16.6 Å². The molecule has 0 atom stereocenters. The number of rotatable bonds is 3. The van der Waals surface area contributed by atoms with Crippen molar-refractivity contribution in [2.75, 3.05) is 0 Å². The average molecular weight is 450 g/mol. The molecule has 6 rings (SSSR count). The molecular formula is C27H16ClN3S. The van der Waals surface area contributed by atoms with E-state index in [-0.39, 0.29) is 5.28 Å². The summed E-state index contributed by atoms with van der Waals surface area (Å²) < 4.78 is 2.47. The molecule has 152 valence electrons. The Morgan fingerprint density at radius 2 is 1.16 bits per heavy atom. The second kappa shape index (κ2) is 7.83. The monoisotopic (exact) mass is 449 g/mol. The van der Waals surface area contributed by atoms with Gasteiger partial charge in [0.05, 0.1) is 0 Å². The summed E-state index contributed by atoms with van der Waals surface area (Å²) in [5, 5.41) is 2.70. The molecular weight excluding hydrogens is 434 g/mol. The van der Waals surface area contributed by atoms with Crippen molar-refractivity contribution in [3.8, 4) is 33.9 Å². The highest BCUT2D eigenvalue weighted by Crippen LogP contribution is 2.36. The molecule has 0 bridgehead atoms. The lowest BCUT2D eigenvalue weighted by Gasteiger charge is -2.07. The quantitative estimate of drug-likeness (QED) is 0.275. The Labute approximate surface area is 194 Å². The molecule has 0 amide bonds. The van der Waals surface area contributed by atoms with E-state index in [1.807, 2.05) is 30.3 Å². The topological polar surface area (TPSA) is 38.7 Å². The molecule has 3 nitrogen and oxygen atoms in total. The predicted octanol–water partition coefficient (Wildman–Crippen LogP) is 7.89. The number of halogens is 1. The summed E-state index contributed by atoms with van der Waals surface area (Å²) in [6, 6.07) is 33.2. The van der Waals surface area contributed by atoms with Crippen molar-refractivity contribution in [3.63, 3.8) is 0 Å². The summed E-state index contributed by atoms with van der Waals surface area (Å²) in [6.07, 6.45) is 0. The molecule has 0 aliphatic rings. The van der Waals surface area contributed by atoms with Crippen LogP contribution in [-0.4, -0.2) is 15.0 Å². The van der Waals surface area contributed by atoms with Gasteiger partial charge in [-0.05, 0) is 40.9 Å². The van der Waals surface area contributed by atoms with Crippen LogP contribution in [0.15, 0.2) is 97.1 Å². The van der Waals surface area contributed by atoms with Gasteiger partial charge < -0.3 is 0 Å². The van der Waals surface area contributed by atoms with Crippen molar-refractivity contribution in [3.05, 3.63) is 102 Å². The van der Waals surface area contributed by atoms with Crippen LogP contribution in [0.1, 0.15) is 0 Å². The summed E-state index contributed by atoms with van der Waals surface area (Å²) in [5.74, 6) is 1.14. The fraction of sp³-hybridized carbons (Fsp3) is 0. The van der Waals surface area contributed by atoms with E-state index in [0.717, 1.165) is 22.3 Å². The number of hydrogen-bond donors (Lipinski definition) is 0. The zero-order chi connectivity index (χ0) is 21.5. The van der Waals surface area contributed by atoms with Gasteiger partial charge in [0, 0.05) is 31.3 Å². The van der Waals surface area contributed by atoms with Gasteiger partial charge in [0.1, 0.15) is 0 Å². The van der Waals surface area contributed by atoms with Gasteiger partial charge in [0.2, 0.25) is 5.28 Å². The van der Waals surface area contributed by atoms with Crippen LogP contribution in [0, 0.1) is 0 Å². The van der Waals surface area contributed by atoms with Crippen LogP contribution in [-0.2, 0) is 0 Å². The highest BCUT2D eigenvalue weighted by atomic mass is 35.5. The molecule has 4 aromatic carbocycles. The molecule has 2 heterocycles. The highest BCUT2D eigenvalue weighted by Gasteiger charge is 2.12. The van der Waals surface area contributed by atoms with Crippen LogP contribution in [0.3, 0.4) is 0 Å². The Kier molecular flexibility index (Phi) is 4.67. The van der Waals surface area contributed by atoms with Crippen LogP contribution < -0.4 is 0 Å². The van der Waals surface area contributed by atoms with Crippen LogP contribution in [0.5, 0.6) is 0 Å². The van der Waals surface area contributed by atoms with Gasteiger partial charge >= 0.3 is 0 Å². The van der Waals surface area contributed by atoms with Crippen LogP contribution in [0.2, 0.25) is 5.28 Å². The Morgan fingerprint density at radius 1 is 0.500 bits per heavy atom. The van der Waals surface area contributed by atoms with Crippen LogP contribution in [0.25, 0.3) is 54.1 Å². The van der Waals surface area contributed by atoms with Gasteiger partial charge in [-0.15, -0.1) is 11.3 Å². The third-order valence-electron chi connectivity index (χ3n) is 5.47. The SMILES string of the molecule is Clc1nc(-c2cccc(-c3ccccc3)c2)nc(-c2ccc3c(c2)sc2ccccc23)n1. The van der Waals surface area contributed by atoms with E-state index >= 15 is 0 Å². The van der Waals surface area contributed by atoms with Gasteiger partial charge in [-0.1, -0.05) is 78.9 Å². The summed E-state index contributed by atoms with van der Waals surface area (Å²) >= 11 is 8.10.